The normalized spacial score (nSPS) is 24.4. The molecule has 0 aromatic heterocycles. The van der Waals surface area contributed by atoms with Crippen molar-refractivity contribution in [3.63, 3.8) is 0 Å². The summed E-state index contributed by atoms with van der Waals surface area (Å²) in [5, 5.41) is 0.496. The number of carbonyl (C=O) groups excluding carboxylic acids is 3. The Bertz CT molecular complexity index is 1420. The Hall–Kier alpha value is -3.29. The molecule has 3 heterocycles. The second kappa shape index (κ2) is 8.14. The van der Waals surface area contributed by atoms with Crippen LogP contribution in [0.25, 0.3) is 6.08 Å². The second-order valence-corrected chi connectivity index (χ2v) is 10.2. The maximum absolute atomic E-state index is 13.9. The quantitative estimate of drug-likeness (QED) is 0.318. The van der Waals surface area contributed by atoms with E-state index in [1.807, 2.05) is 23.1 Å². The number of benzene rings is 3. The Morgan fingerprint density at radius 2 is 1.60 bits per heavy atom. The van der Waals surface area contributed by atoms with Crippen LogP contribution >= 0.6 is 27.5 Å². The molecule has 0 bridgehead atoms. The molecular weight excluding hydrogens is 535 g/mol. The van der Waals surface area contributed by atoms with Gasteiger partial charge in [-0.3, -0.25) is 14.4 Å². The number of amides is 2. The zero-order chi connectivity index (χ0) is 24.4. The van der Waals surface area contributed by atoms with Gasteiger partial charge in [0.15, 0.2) is 5.78 Å². The van der Waals surface area contributed by atoms with Gasteiger partial charge in [-0.25, -0.2) is 9.29 Å². The number of ketones is 1. The van der Waals surface area contributed by atoms with E-state index >= 15 is 0 Å². The first-order valence-corrected chi connectivity index (χ1v) is 12.2. The molecule has 0 radical (unpaired) electrons. The molecule has 0 aliphatic carbocycles. The lowest BCUT2D eigenvalue weighted by Crippen LogP contribution is -2.48. The highest BCUT2D eigenvalue weighted by molar-refractivity contribution is 9.10. The summed E-state index contributed by atoms with van der Waals surface area (Å²) in [6.45, 7) is 0. The third-order valence-electron chi connectivity index (χ3n) is 6.95. The Kier molecular flexibility index (Phi) is 5.16. The molecule has 3 aromatic carbocycles. The van der Waals surface area contributed by atoms with E-state index in [1.54, 1.807) is 36.4 Å². The predicted octanol–water partition coefficient (Wildman–Crippen LogP) is 5.51. The average molecular weight is 552 g/mol. The predicted molar refractivity (Wildman–Crippen MR) is 135 cm³/mol. The summed E-state index contributed by atoms with van der Waals surface area (Å²) in [7, 11) is 0. The van der Waals surface area contributed by atoms with Crippen LogP contribution in [0.15, 0.2) is 77.3 Å². The SMILES string of the molecule is O=C(c1ccc(Br)cc1)[C@@H]1[C@H]2C(=O)N(c3ccc(F)cc3)C(=O)[C@@H]2[C@H]2C=Cc3ccc(Cl)cc3N21. The van der Waals surface area contributed by atoms with Crippen molar-refractivity contribution < 1.29 is 18.8 Å². The molecule has 3 aliphatic heterocycles. The smallest absolute Gasteiger partial charge is 0.240 e. The van der Waals surface area contributed by atoms with Crippen molar-refractivity contribution in [2.45, 2.75) is 12.1 Å². The molecule has 2 saturated heterocycles. The minimum absolute atomic E-state index is 0.252. The Morgan fingerprint density at radius 3 is 2.31 bits per heavy atom. The zero-order valence-corrected chi connectivity index (χ0v) is 20.4. The number of fused-ring (bicyclic) bond motifs is 5. The Balaban J connectivity index is 1.50. The monoisotopic (exact) mass is 550 g/mol. The molecule has 2 fully saturated rings. The van der Waals surface area contributed by atoms with Crippen molar-refractivity contribution in [2.24, 2.45) is 11.8 Å². The van der Waals surface area contributed by atoms with Gasteiger partial charge in [0.1, 0.15) is 11.9 Å². The largest absolute Gasteiger partial charge is 0.352 e. The van der Waals surface area contributed by atoms with Crippen LogP contribution in [0.1, 0.15) is 15.9 Å². The maximum atomic E-state index is 13.9. The lowest BCUT2D eigenvalue weighted by atomic mass is 9.86. The van der Waals surface area contributed by atoms with Gasteiger partial charge in [0.25, 0.3) is 0 Å². The molecule has 0 spiro atoms. The van der Waals surface area contributed by atoms with E-state index in [2.05, 4.69) is 15.9 Å². The molecule has 8 heteroatoms. The summed E-state index contributed by atoms with van der Waals surface area (Å²) in [5.74, 6) is -3.25. The van der Waals surface area contributed by atoms with Crippen LogP contribution in [0, 0.1) is 17.7 Å². The van der Waals surface area contributed by atoms with Crippen molar-refractivity contribution in [3.8, 4) is 0 Å². The molecule has 0 N–H and O–H groups in total. The number of rotatable bonds is 3. The molecule has 0 unspecified atom stereocenters. The van der Waals surface area contributed by atoms with Crippen LogP contribution in [0.5, 0.6) is 0 Å². The first-order valence-electron chi connectivity index (χ1n) is 11.0. The molecule has 3 aliphatic rings. The minimum atomic E-state index is -0.907. The first-order chi connectivity index (χ1) is 16.8. The summed E-state index contributed by atoms with van der Waals surface area (Å²) in [5.41, 5.74) is 2.30. The van der Waals surface area contributed by atoms with Gasteiger partial charge in [-0.1, -0.05) is 57.9 Å². The third kappa shape index (κ3) is 3.37. The molecule has 6 rings (SSSR count). The van der Waals surface area contributed by atoms with Gasteiger partial charge in [-0.15, -0.1) is 0 Å². The van der Waals surface area contributed by atoms with Gasteiger partial charge in [-0.2, -0.15) is 0 Å². The number of Topliss-reactive ketones (excluding diaryl/α,β-unsaturated/α-hetero) is 1. The summed E-state index contributed by atoms with van der Waals surface area (Å²) in [4.78, 5) is 44.4. The molecule has 3 aromatic rings. The molecule has 35 heavy (non-hydrogen) atoms. The number of nitrogens with zero attached hydrogens (tertiary/aromatic N) is 2. The van der Waals surface area contributed by atoms with E-state index in [0.717, 1.165) is 14.9 Å². The molecule has 5 nitrogen and oxygen atoms in total. The number of hydrogen-bond acceptors (Lipinski definition) is 4. The average Bonchev–Trinajstić information content (AvgIpc) is 3.33. The van der Waals surface area contributed by atoms with Crippen molar-refractivity contribution in [1.82, 2.24) is 0 Å². The summed E-state index contributed by atoms with van der Waals surface area (Å²) in [6, 6.07) is 16.1. The van der Waals surface area contributed by atoms with Gasteiger partial charge in [0.2, 0.25) is 11.8 Å². The fourth-order valence-corrected chi connectivity index (χ4v) is 5.89. The van der Waals surface area contributed by atoms with Crippen LogP contribution < -0.4 is 9.80 Å². The highest BCUT2D eigenvalue weighted by Crippen LogP contribution is 2.50. The number of carbonyl (C=O) groups is 3. The highest BCUT2D eigenvalue weighted by Gasteiger charge is 2.64. The number of imide groups is 1. The van der Waals surface area contributed by atoms with E-state index in [-0.39, 0.29) is 5.78 Å². The van der Waals surface area contributed by atoms with E-state index in [9.17, 15) is 18.8 Å². The van der Waals surface area contributed by atoms with Crippen molar-refractivity contribution in [3.05, 3.63) is 99.2 Å². The van der Waals surface area contributed by atoms with E-state index in [4.69, 9.17) is 11.6 Å². The lowest BCUT2D eigenvalue weighted by molar-refractivity contribution is -0.122. The van der Waals surface area contributed by atoms with Gasteiger partial charge < -0.3 is 4.90 Å². The Labute approximate surface area is 213 Å². The highest BCUT2D eigenvalue weighted by atomic mass is 79.9. The summed E-state index contributed by atoms with van der Waals surface area (Å²) >= 11 is 9.70. The molecule has 0 saturated carbocycles. The first kappa shape index (κ1) is 22.2. The topological polar surface area (TPSA) is 57.7 Å². The van der Waals surface area contributed by atoms with Crippen molar-refractivity contribution in [2.75, 3.05) is 9.80 Å². The van der Waals surface area contributed by atoms with Crippen LogP contribution in [0.3, 0.4) is 0 Å². The molecule has 2 amide bonds. The molecular formula is C27H17BrClFN2O3. The minimum Gasteiger partial charge on any atom is -0.352 e. The Morgan fingerprint density at radius 1 is 0.914 bits per heavy atom. The fraction of sp³-hybridized carbons (Fsp3) is 0.148. The van der Waals surface area contributed by atoms with Gasteiger partial charge >= 0.3 is 0 Å². The van der Waals surface area contributed by atoms with Crippen molar-refractivity contribution >= 4 is 62.6 Å². The number of anilines is 2. The summed E-state index contributed by atoms with van der Waals surface area (Å²) in [6.07, 6.45) is 3.77. The van der Waals surface area contributed by atoms with Crippen LogP contribution in [0.2, 0.25) is 5.02 Å². The standard InChI is InChI=1S/C27H17BrClFN2O3/c28-16-5-1-15(2-6-16)25(33)24-23-22(20-12-4-14-3-7-17(29)13-21(14)32(20)24)26(34)31(27(23)35)19-10-8-18(30)9-11-19/h1-13,20,22-24H/t20-,22-,23+,24+/m1/s1. The number of hydrogen-bond donors (Lipinski definition) is 0. The van der Waals surface area contributed by atoms with Gasteiger partial charge in [-0.05, 0) is 54.1 Å². The van der Waals surface area contributed by atoms with Crippen LogP contribution in [0.4, 0.5) is 15.8 Å². The number of halogens is 3. The van der Waals surface area contributed by atoms with E-state index in [0.29, 0.717) is 22.0 Å². The zero-order valence-electron chi connectivity index (χ0n) is 18.1. The maximum Gasteiger partial charge on any atom is 0.240 e. The van der Waals surface area contributed by atoms with Crippen LogP contribution in [-0.2, 0) is 9.59 Å². The summed E-state index contributed by atoms with van der Waals surface area (Å²) < 4.78 is 14.3. The third-order valence-corrected chi connectivity index (χ3v) is 7.72. The van der Waals surface area contributed by atoms with Gasteiger partial charge in [0, 0.05) is 20.7 Å². The van der Waals surface area contributed by atoms with Crippen LogP contribution in [-0.4, -0.2) is 29.7 Å². The van der Waals surface area contributed by atoms with E-state index in [1.165, 1.54) is 24.3 Å². The fourth-order valence-electron chi connectivity index (χ4n) is 5.46. The molecule has 174 valence electrons. The molecule has 4 atom stereocenters. The lowest BCUT2D eigenvalue weighted by Gasteiger charge is -2.36. The van der Waals surface area contributed by atoms with Gasteiger partial charge in [0.05, 0.1) is 23.6 Å². The second-order valence-electron chi connectivity index (χ2n) is 8.82. The van der Waals surface area contributed by atoms with Crippen molar-refractivity contribution in [1.29, 1.82) is 0 Å². The van der Waals surface area contributed by atoms with E-state index < -0.39 is 41.6 Å².